The van der Waals surface area contributed by atoms with E-state index in [-0.39, 0.29) is 0 Å². The Morgan fingerprint density at radius 2 is 1.18 bits per heavy atom. The van der Waals surface area contributed by atoms with Crippen molar-refractivity contribution >= 4 is 15.2 Å². The molecule has 0 saturated carbocycles. The van der Waals surface area contributed by atoms with Gasteiger partial charge in [-0.25, -0.2) is 0 Å². The van der Waals surface area contributed by atoms with Crippen molar-refractivity contribution in [2.24, 2.45) is 11.8 Å². The topological polar surface area (TPSA) is 20.2 Å². The zero-order valence-electron chi connectivity index (χ0n) is 8.59. The second kappa shape index (κ2) is 10.5. The predicted octanol–water partition coefficient (Wildman–Crippen LogP) is 2.45. The Kier molecular flexibility index (Phi) is 13.4. The molecule has 67 valence electrons. The molecular formula is C9H22AlO. The van der Waals surface area contributed by atoms with Crippen LogP contribution in [0.1, 0.15) is 27.7 Å². The lowest BCUT2D eigenvalue weighted by atomic mass is 10.3. The van der Waals surface area contributed by atoms with Gasteiger partial charge < -0.3 is 5.11 Å². The van der Waals surface area contributed by atoms with Crippen molar-refractivity contribution in [2.45, 2.75) is 38.3 Å². The van der Waals surface area contributed by atoms with Gasteiger partial charge in [0.2, 0.25) is 15.2 Å². The van der Waals surface area contributed by atoms with Crippen LogP contribution in [0.4, 0.5) is 0 Å². The van der Waals surface area contributed by atoms with E-state index >= 15 is 0 Å². The first-order valence-corrected chi connectivity index (χ1v) is 6.02. The SMILES string of the molecule is CC(C)[CH2][Al][CH2]C(C)C.CO. The summed E-state index contributed by atoms with van der Waals surface area (Å²) in [6, 6.07) is 0. The van der Waals surface area contributed by atoms with Crippen molar-refractivity contribution in [3.05, 3.63) is 0 Å². The highest BCUT2D eigenvalue weighted by molar-refractivity contribution is 6.35. The van der Waals surface area contributed by atoms with Crippen LogP contribution in [-0.4, -0.2) is 27.4 Å². The van der Waals surface area contributed by atoms with Crippen LogP contribution in [0, 0.1) is 11.8 Å². The summed E-state index contributed by atoms with van der Waals surface area (Å²) in [6.07, 6.45) is 0. The molecule has 0 heterocycles. The van der Waals surface area contributed by atoms with E-state index in [1.165, 1.54) is 10.6 Å². The van der Waals surface area contributed by atoms with Crippen LogP contribution < -0.4 is 0 Å². The molecule has 1 radical (unpaired) electrons. The Morgan fingerprint density at radius 3 is 1.36 bits per heavy atom. The molecule has 11 heavy (non-hydrogen) atoms. The van der Waals surface area contributed by atoms with Crippen LogP contribution in [0.5, 0.6) is 0 Å². The number of hydrogen-bond acceptors (Lipinski definition) is 1. The molecule has 0 aliphatic carbocycles. The number of rotatable bonds is 4. The maximum atomic E-state index is 7.00. The van der Waals surface area contributed by atoms with Crippen molar-refractivity contribution in [1.29, 1.82) is 0 Å². The minimum atomic E-state index is 0.755. The molecule has 0 saturated heterocycles. The van der Waals surface area contributed by atoms with Gasteiger partial charge in [-0.2, -0.15) is 0 Å². The molecule has 0 aromatic carbocycles. The van der Waals surface area contributed by atoms with Crippen molar-refractivity contribution in [3.8, 4) is 0 Å². The smallest absolute Gasteiger partial charge is 0.200 e. The second-order valence-electron chi connectivity index (χ2n) is 3.55. The van der Waals surface area contributed by atoms with Crippen LogP contribution in [0.3, 0.4) is 0 Å². The van der Waals surface area contributed by atoms with E-state index < -0.39 is 0 Å². The summed E-state index contributed by atoms with van der Waals surface area (Å²) in [6.45, 7) is 9.25. The van der Waals surface area contributed by atoms with E-state index in [1.54, 1.807) is 0 Å². The van der Waals surface area contributed by atoms with Crippen LogP contribution in [0.2, 0.25) is 10.6 Å². The van der Waals surface area contributed by atoms with Gasteiger partial charge in [0.25, 0.3) is 0 Å². The maximum Gasteiger partial charge on any atom is 0.200 e. The standard InChI is InChI=1S/2C4H9.CH4O.Al/c2*1-4(2)3;1-2;/h2*4H,1H2,2-3H3;2H,1H3;. The normalized spacial score (nSPS) is 9.45. The van der Waals surface area contributed by atoms with Crippen molar-refractivity contribution in [1.82, 2.24) is 0 Å². The summed E-state index contributed by atoms with van der Waals surface area (Å²) in [5.41, 5.74) is 0. The molecule has 1 nitrogen and oxygen atoms in total. The Morgan fingerprint density at radius 1 is 0.909 bits per heavy atom. The third-order valence-corrected chi connectivity index (χ3v) is 3.83. The van der Waals surface area contributed by atoms with Crippen LogP contribution in [0.25, 0.3) is 0 Å². The minimum absolute atomic E-state index is 0.755. The van der Waals surface area contributed by atoms with Gasteiger partial charge in [-0.15, -0.1) is 10.6 Å². The van der Waals surface area contributed by atoms with Gasteiger partial charge in [0.15, 0.2) is 0 Å². The third-order valence-electron chi connectivity index (χ3n) is 1.28. The van der Waals surface area contributed by atoms with Gasteiger partial charge in [0, 0.05) is 7.11 Å². The Hall–Kier alpha value is 0.492. The minimum Gasteiger partial charge on any atom is -0.400 e. The zero-order valence-corrected chi connectivity index (χ0v) is 9.75. The number of hydrogen-bond donors (Lipinski definition) is 1. The van der Waals surface area contributed by atoms with Gasteiger partial charge >= 0.3 is 0 Å². The Bertz CT molecular complexity index is 54.6. The fourth-order valence-corrected chi connectivity index (χ4v) is 2.29. The third kappa shape index (κ3) is 18.0. The lowest BCUT2D eigenvalue weighted by Crippen LogP contribution is -1.99. The van der Waals surface area contributed by atoms with Crippen LogP contribution >= 0.6 is 0 Å². The lowest BCUT2D eigenvalue weighted by molar-refractivity contribution is 0.399. The fourth-order valence-electron chi connectivity index (χ4n) is 0.763. The average molecular weight is 173 g/mol. The Balaban J connectivity index is 0. The molecule has 0 aromatic heterocycles. The summed E-state index contributed by atoms with van der Waals surface area (Å²) < 4.78 is 0. The predicted molar refractivity (Wildman–Crippen MR) is 53.2 cm³/mol. The summed E-state index contributed by atoms with van der Waals surface area (Å²) in [5, 5.41) is 9.97. The highest BCUT2D eigenvalue weighted by Gasteiger charge is 1.98. The maximum absolute atomic E-state index is 7.00. The van der Waals surface area contributed by atoms with E-state index in [9.17, 15) is 0 Å². The van der Waals surface area contributed by atoms with Crippen molar-refractivity contribution in [2.75, 3.05) is 7.11 Å². The fraction of sp³-hybridized carbons (Fsp3) is 1.00. The highest BCUT2D eigenvalue weighted by atomic mass is 27.1. The molecular weight excluding hydrogens is 151 g/mol. The van der Waals surface area contributed by atoms with Crippen LogP contribution in [-0.2, 0) is 0 Å². The van der Waals surface area contributed by atoms with Gasteiger partial charge in [-0.1, -0.05) is 39.5 Å². The van der Waals surface area contributed by atoms with Crippen molar-refractivity contribution < 1.29 is 5.11 Å². The van der Waals surface area contributed by atoms with E-state index in [0.717, 1.165) is 34.2 Å². The summed E-state index contributed by atoms with van der Waals surface area (Å²) in [4.78, 5) is 0. The molecule has 0 fully saturated rings. The second-order valence-corrected chi connectivity index (χ2v) is 5.07. The van der Waals surface area contributed by atoms with Gasteiger partial charge in [0.05, 0.1) is 0 Å². The molecule has 0 unspecified atom stereocenters. The molecule has 0 aliphatic heterocycles. The van der Waals surface area contributed by atoms with Crippen molar-refractivity contribution in [3.63, 3.8) is 0 Å². The molecule has 0 atom stereocenters. The molecule has 0 bridgehead atoms. The van der Waals surface area contributed by atoms with E-state index in [1.807, 2.05) is 0 Å². The summed E-state index contributed by atoms with van der Waals surface area (Å²) in [7, 11) is 1.00. The van der Waals surface area contributed by atoms with E-state index in [0.29, 0.717) is 0 Å². The Labute approximate surface area is 77.9 Å². The first kappa shape index (κ1) is 14.0. The first-order chi connectivity index (χ1) is 5.13. The van der Waals surface area contributed by atoms with Gasteiger partial charge in [0.1, 0.15) is 0 Å². The van der Waals surface area contributed by atoms with E-state index in [4.69, 9.17) is 5.11 Å². The molecule has 0 aromatic rings. The molecule has 0 aliphatic rings. The highest BCUT2D eigenvalue weighted by Crippen LogP contribution is 2.05. The first-order valence-electron chi connectivity index (χ1n) is 4.39. The average Bonchev–Trinajstić information content (AvgIpc) is 1.90. The van der Waals surface area contributed by atoms with E-state index in [2.05, 4.69) is 27.7 Å². The molecule has 2 heteroatoms. The van der Waals surface area contributed by atoms with Gasteiger partial charge in [-0.3, -0.25) is 0 Å². The monoisotopic (exact) mass is 173 g/mol. The largest absolute Gasteiger partial charge is 0.400 e. The zero-order chi connectivity index (χ0) is 9.28. The number of aliphatic hydroxyl groups excluding tert-OH is 1. The molecule has 1 N–H and O–H groups in total. The van der Waals surface area contributed by atoms with Gasteiger partial charge in [-0.05, 0) is 0 Å². The number of aliphatic hydroxyl groups is 1. The summed E-state index contributed by atoms with van der Waals surface area (Å²) in [5.74, 6) is 1.86. The lowest BCUT2D eigenvalue weighted by Gasteiger charge is -2.03. The molecule has 0 spiro atoms. The van der Waals surface area contributed by atoms with Crippen LogP contribution in [0.15, 0.2) is 0 Å². The molecule has 0 rings (SSSR count). The summed E-state index contributed by atoms with van der Waals surface area (Å²) >= 11 is 0.755. The molecule has 0 amide bonds. The quantitative estimate of drug-likeness (QED) is 0.647.